The molecule has 1 N–H and O–H groups in total. The second kappa shape index (κ2) is 9.22. The van der Waals surface area contributed by atoms with Gasteiger partial charge in [0.2, 0.25) is 5.91 Å². The predicted octanol–water partition coefficient (Wildman–Crippen LogP) is 1.80. The van der Waals surface area contributed by atoms with E-state index >= 15 is 0 Å². The number of benzene rings is 1. The minimum absolute atomic E-state index is 0.0863. The molecule has 1 aromatic heterocycles. The van der Waals surface area contributed by atoms with Crippen LogP contribution in [0.15, 0.2) is 47.4 Å². The van der Waals surface area contributed by atoms with Crippen LogP contribution < -0.4 is 15.8 Å². The first-order valence-electron chi connectivity index (χ1n) is 10.4. The molecule has 7 nitrogen and oxygen atoms in total. The summed E-state index contributed by atoms with van der Waals surface area (Å²) >= 11 is 0. The highest BCUT2D eigenvalue weighted by atomic mass is 16.5. The van der Waals surface area contributed by atoms with Gasteiger partial charge in [0.1, 0.15) is 0 Å². The van der Waals surface area contributed by atoms with Crippen molar-refractivity contribution in [2.75, 3.05) is 31.2 Å². The Kier molecular flexibility index (Phi) is 6.24. The monoisotopic (exact) mass is 396 g/mol. The van der Waals surface area contributed by atoms with Gasteiger partial charge in [-0.3, -0.25) is 9.59 Å². The minimum Gasteiger partial charge on any atom is -0.381 e. The molecular formula is C22H28N4O3. The van der Waals surface area contributed by atoms with Gasteiger partial charge in [0.15, 0.2) is 0 Å². The first-order chi connectivity index (χ1) is 14.2. The van der Waals surface area contributed by atoms with E-state index in [1.807, 2.05) is 30.3 Å². The molecule has 0 bridgehead atoms. The van der Waals surface area contributed by atoms with Crippen molar-refractivity contribution >= 4 is 11.6 Å². The largest absolute Gasteiger partial charge is 0.381 e. The summed E-state index contributed by atoms with van der Waals surface area (Å²) in [5.41, 5.74) is 1.81. The van der Waals surface area contributed by atoms with Gasteiger partial charge in [-0.05, 0) is 31.2 Å². The van der Waals surface area contributed by atoms with Gasteiger partial charge < -0.3 is 15.0 Å². The molecule has 2 saturated heterocycles. The van der Waals surface area contributed by atoms with Crippen LogP contribution in [0.3, 0.4) is 0 Å². The molecule has 7 heteroatoms. The van der Waals surface area contributed by atoms with Crippen LogP contribution in [-0.2, 0) is 16.1 Å². The van der Waals surface area contributed by atoms with Gasteiger partial charge in [0, 0.05) is 44.3 Å². The third-order valence-corrected chi connectivity index (χ3v) is 5.83. The summed E-state index contributed by atoms with van der Waals surface area (Å²) in [6, 6.07) is 11.7. The Bertz CT molecular complexity index is 869. The number of rotatable bonds is 5. The van der Waals surface area contributed by atoms with E-state index in [9.17, 15) is 9.59 Å². The van der Waals surface area contributed by atoms with Crippen LogP contribution in [0.4, 0.5) is 5.69 Å². The molecule has 2 aromatic rings. The zero-order valence-electron chi connectivity index (χ0n) is 16.6. The number of anilines is 1. The van der Waals surface area contributed by atoms with E-state index in [0.717, 1.165) is 50.0 Å². The number of amides is 1. The zero-order chi connectivity index (χ0) is 20.1. The molecule has 29 heavy (non-hydrogen) atoms. The highest BCUT2D eigenvalue weighted by Gasteiger charge is 2.26. The lowest BCUT2D eigenvalue weighted by molar-refractivity contribution is -0.128. The van der Waals surface area contributed by atoms with Crippen LogP contribution in [0.1, 0.15) is 31.2 Å². The Labute approximate surface area is 170 Å². The van der Waals surface area contributed by atoms with Crippen molar-refractivity contribution in [3.63, 3.8) is 0 Å². The molecule has 154 valence electrons. The third kappa shape index (κ3) is 5.03. The summed E-state index contributed by atoms with van der Waals surface area (Å²) in [6.07, 6.45) is 5.15. The van der Waals surface area contributed by atoms with Crippen molar-refractivity contribution in [3.05, 3.63) is 58.5 Å². The van der Waals surface area contributed by atoms with Crippen LogP contribution in [0, 0.1) is 5.92 Å². The molecule has 4 rings (SSSR count). The van der Waals surface area contributed by atoms with E-state index in [4.69, 9.17) is 4.74 Å². The second-order valence-electron chi connectivity index (χ2n) is 7.85. The molecule has 0 radical (unpaired) electrons. The van der Waals surface area contributed by atoms with Crippen molar-refractivity contribution in [2.45, 2.75) is 38.3 Å². The van der Waals surface area contributed by atoms with Gasteiger partial charge in [-0.1, -0.05) is 30.3 Å². The van der Waals surface area contributed by atoms with E-state index in [-0.39, 0.29) is 23.4 Å². The van der Waals surface area contributed by atoms with E-state index in [1.54, 1.807) is 12.3 Å². The van der Waals surface area contributed by atoms with E-state index in [1.165, 1.54) is 4.68 Å². The van der Waals surface area contributed by atoms with Crippen molar-refractivity contribution in [2.24, 2.45) is 5.92 Å². The zero-order valence-corrected chi connectivity index (χ0v) is 16.6. The van der Waals surface area contributed by atoms with Gasteiger partial charge in [-0.15, -0.1) is 0 Å². The number of nitrogens with one attached hydrogen (secondary N) is 1. The third-order valence-electron chi connectivity index (χ3n) is 5.83. The summed E-state index contributed by atoms with van der Waals surface area (Å²) in [5.74, 6) is 0.250. The maximum atomic E-state index is 12.5. The Morgan fingerprint density at radius 1 is 1.10 bits per heavy atom. The Hall–Kier alpha value is -2.67. The smallest absolute Gasteiger partial charge is 0.269 e. The first-order valence-corrected chi connectivity index (χ1v) is 10.4. The number of hydrogen-bond acceptors (Lipinski definition) is 5. The average Bonchev–Trinajstić information content (AvgIpc) is 2.77. The second-order valence-corrected chi connectivity index (χ2v) is 7.85. The van der Waals surface area contributed by atoms with Gasteiger partial charge in [-0.2, -0.15) is 5.10 Å². The lowest BCUT2D eigenvalue weighted by Gasteiger charge is -2.34. The average molecular weight is 396 g/mol. The molecule has 0 aliphatic carbocycles. The van der Waals surface area contributed by atoms with Crippen LogP contribution >= 0.6 is 0 Å². The van der Waals surface area contributed by atoms with Crippen LogP contribution in [-0.4, -0.2) is 48.0 Å². The lowest BCUT2D eigenvalue weighted by Crippen LogP contribution is -2.47. The number of piperidine rings is 1. The van der Waals surface area contributed by atoms with Gasteiger partial charge in [-0.25, -0.2) is 4.68 Å². The number of hydrogen-bond donors (Lipinski definition) is 1. The molecule has 2 aliphatic heterocycles. The van der Waals surface area contributed by atoms with Gasteiger partial charge in [0.05, 0.1) is 18.4 Å². The molecular weight excluding hydrogens is 368 g/mol. The minimum atomic E-state index is -0.0960. The Morgan fingerprint density at radius 3 is 2.52 bits per heavy atom. The van der Waals surface area contributed by atoms with Gasteiger partial charge >= 0.3 is 0 Å². The van der Waals surface area contributed by atoms with Crippen LogP contribution in [0.5, 0.6) is 0 Å². The fraction of sp³-hybridized carbons (Fsp3) is 0.500. The predicted molar refractivity (Wildman–Crippen MR) is 111 cm³/mol. The normalized spacial score (nSPS) is 18.6. The summed E-state index contributed by atoms with van der Waals surface area (Å²) in [5, 5.41) is 7.56. The molecule has 1 aromatic carbocycles. The van der Waals surface area contributed by atoms with E-state index in [0.29, 0.717) is 19.8 Å². The Morgan fingerprint density at radius 2 is 1.83 bits per heavy atom. The molecule has 0 atom stereocenters. The van der Waals surface area contributed by atoms with Crippen molar-refractivity contribution in [1.29, 1.82) is 0 Å². The van der Waals surface area contributed by atoms with Gasteiger partial charge in [0.25, 0.3) is 5.56 Å². The van der Waals surface area contributed by atoms with Crippen LogP contribution in [0.25, 0.3) is 0 Å². The van der Waals surface area contributed by atoms with Crippen molar-refractivity contribution in [3.8, 4) is 0 Å². The maximum Gasteiger partial charge on any atom is 0.269 e. The molecule has 0 spiro atoms. The first kappa shape index (κ1) is 19.6. The molecule has 2 aliphatic rings. The standard InChI is InChI=1S/C22H28N4O3/c27-21-14-20(15-23-26(21)16-17-4-2-1-3-5-17)25-10-6-19(7-11-25)24-22(28)18-8-12-29-13-9-18/h1-5,14-15,18-19H,6-13,16H2,(H,24,28). The van der Waals surface area contributed by atoms with Crippen LogP contribution in [0.2, 0.25) is 0 Å². The van der Waals surface area contributed by atoms with E-state index < -0.39 is 0 Å². The lowest BCUT2D eigenvalue weighted by atomic mass is 9.97. The SMILES string of the molecule is O=C(NC1CCN(c2cnn(Cc3ccccc3)c(=O)c2)CC1)C1CCOCC1. The van der Waals surface area contributed by atoms with Crippen molar-refractivity contribution in [1.82, 2.24) is 15.1 Å². The summed E-state index contributed by atoms with van der Waals surface area (Å²) in [6.45, 7) is 3.45. The highest BCUT2D eigenvalue weighted by Crippen LogP contribution is 2.20. The van der Waals surface area contributed by atoms with Crippen molar-refractivity contribution < 1.29 is 9.53 Å². The fourth-order valence-corrected chi connectivity index (χ4v) is 4.03. The quantitative estimate of drug-likeness (QED) is 0.834. The van der Waals surface area contributed by atoms with E-state index in [2.05, 4.69) is 15.3 Å². The summed E-state index contributed by atoms with van der Waals surface area (Å²) in [4.78, 5) is 27.1. The summed E-state index contributed by atoms with van der Waals surface area (Å²) < 4.78 is 6.82. The number of carbonyl (C=O) groups excluding carboxylic acids is 1. The topological polar surface area (TPSA) is 76.5 Å². The molecule has 0 unspecified atom stereocenters. The molecule has 3 heterocycles. The maximum absolute atomic E-state index is 12.5. The molecule has 0 saturated carbocycles. The highest BCUT2D eigenvalue weighted by molar-refractivity contribution is 5.79. The number of nitrogens with zero attached hydrogens (tertiary/aromatic N) is 3. The number of ether oxygens (including phenoxy) is 1. The molecule has 1 amide bonds. The summed E-state index contributed by atoms with van der Waals surface area (Å²) in [7, 11) is 0. The molecule has 2 fully saturated rings. The number of carbonyl (C=O) groups is 1. The Balaban J connectivity index is 1.31. The number of aromatic nitrogens is 2. The fourth-order valence-electron chi connectivity index (χ4n) is 4.03.